The topological polar surface area (TPSA) is 84.2 Å². The van der Waals surface area contributed by atoms with Crippen LogP contribution < -0.4 is 19.8 Å². The Kier molecular flexibility index (Phi) is 5.42. The first kappa shape index (κ1) is 18.5. The van der Waals surface area contributed by atoms with Crippen molar-refractivity contribution < 1.29 is 28.2 Å². The van der Waals surface area contributed by atoms with Gasteiger partial charge in [-0.2, -0.15) is 0 Å². The minimum atomic E-state index is -0.543. The van der Waals surface area contributed by atoms with E-state index < -0.39 is 11.6 Å². The molecule has 0 saturated carbocycles. The van der Waals surface area contributed by atoms with E-state index in [2.05, 4.69) is 0 Å². The third kappa shape index (κ3) is 3.93. The van der Waals surface area contributed by atoms with Gasteiger partial charge in [-0.15, -0.1) is 0 Å². The summed E-state index contributed by atoms with van der Waals surface area (Å²) in [6, 6.07) is 11.7. The molecular formula is C20H18O7. The second-order valence-electron chi connectivity index (χ2n) is 5.62. The monoisotopic (exact) mass is 370 g/mol. The Morgan fingerprint density at radius 1 is 0.926 bits per heavy atom. The number of hydrogen-bond acceptors (Lipinski definition) is 7. The molecule has 0 N–H and O–H groups in total. The van der Waals surface area contributed by atoms with Gasteiger partial charge in [-0.1, -0.05) is 0 Å². The molecule has 0 radical (unpaired) electrons. The molecule has 7 nitrogen and oxygen atoms in total. The Morgan fingerprint density at radius 2 is 1.70 bits per heavy atom. The van der Waals surface area contributed by atoms with E-state index in [0.717, 1.165) is 0 Å². The van der Waals surface area contributed by atoms with Crippen molar-refractivity contribution in [3.8, 4) is 28.4 Å². The fraction of sp³-hybridized carbons (Fsp3) is 0.200. The lowest BCUT2D eigenvalue weighted by Crippen LogP contribution is -2.14. The van der Waals surface area contributed by atoms with Gasteiger partial charge in [0.1, 0.15) is 29.4 Å². The highest BCUT2D eigenvalue weighted by Gasteiger charge is 2.14. The van der Waals surface area contributed by atoms with Gasteiger partial charge in [-0.3, -0.25) is 0 Å². The predicted octanol–water partition coefficient (Wildman–Crippen LogP) is 3.03. The van der Waals surface area contributed by atoms with Gasteiger partial charge >= 0.3 is 11.6 Å². The van der Waals surface area contributed by atoms with Gasteiger partial charge in [0.15, 0.2) is 0 Å². The minimum Gasteiger partial charge on any atom is -0.497 e. The largest absolute Gasteiger partial charge is 0.497 e. The molecule has 0 aliphatic carbocycles. The molecule has 0 saturated heterocycles. The van der Waals surface area contributed by atoms with Crippen molar-refractivity contribution in [1.29, 1.82) is 0 Å². The quantitative estimate of drug-likeness (QED) is 0.375. The molecule has 3 rings (SSSR count). The first-order valence-electron chi connectivity index (χ1n) is 8.05. The van der Waals surface area contributed by atoms with Crippen molar-refractivity contribution in [3.63, 3.8) is 0 Å². The van der Waals surface area contributed by atoms with E-state index in [4.69, 9.17) is 23.4 Å². The van der Waals surface area contributed by atoms with E-state index in [1.54, 1.807) is 43.5 Å². The highest BCUT2D eigenvalue weighted by Crippen LogP contribution is 2.33. The number of methoxy groups -OCH3 is 3. The molecular weight excluding hydrogens is 352 g/mol. The van der Waals surface area contributed by atoms with E-state index >= 15 is 0 Å². The molecule has 3 aromatic rings. The molecule has 1 heterocycles. The molecule has 0 bridgehead atoms. The maximum absolute atomic E-state index is 12.5. The molecule has 7 heteroatoms. The third-order valence-electron chi connectivity index (χ3n) is 3.90. The van der Waals surface area contributed by atoms with E-state index in [1.807, 2.05) is 0 Å². The fourth-order valence-electron chi connectivity index (χ4n) is 2.64. The predicted molar refractivity (Wildman–Crippen MR) is 98.5 cm³/mol. The van der Waals surface area contributed by atoms with Gasteiger partial charge in [0.2, 0.25) is 0 Å². The number of fused-ring (bicyclic) bond motifs is 1. The van der Waals surface area contributed by atoms with Crippen LogP contribution in [0.4, 0.5) is 0 Å². The van der Waals surface area contributed by atoms with Crippen LogP contribution >= 0.6 is 0 Å². The van der Waals surface area contributed by atoms with Crippen LogP contribution in [0.1, 0.15) is 0 Å². The Balaban J connectivity index is 2.03. The number of carbonyl (C=O) groups is 1. The summed E-state index contributed by atoms with van der Waals surface area (Å²) in [5, 5.41) is 0.675. The highest BCUT2D eigenvalue weighted by molar-refractivity contribution is 5.85. The number of rotatable bonds is 6. The van der Waals surface area contributed by atoms with Crippen LogP contribution in [0.25, 0.3) is 22.1 Å². The van der Waals surface area contributed by atoms with E-state index in [1.165, 1.54) is 20.3 Å². The SMILES string of the molecule is COCC(=O)Oc1ccc2cc(-c3ccc(OC)cc3OC)c(=O)oc2c1. The average molecular weight is 370 g/mol. The fourth-order valence-corrected chi connectivity index (χ4v) is 2.64. The van der Waals surface area contributed by atoms with Gasteiger partial charge in [-0.25, -0.2) is 9.59 Å². The Hall–Kier alpha value is -3.32. The van der Waals surface area contributed by atoms with E-state index in [0.29, 0.717) is 33.6 Å². The Bertz CT molecular complexity index is 1040. The van der Waals surface area contributed by atoms with Crippen molar-refractivity contribution in [2.45, 2.75) is 0 Å². The summed E-state index contributed by atoms with van der Waals surface area (Å²) in [5.41, 5.74) is 0.709. The normalized spacial score (nSPS) is 10.6. The van der Waals surface area contributed by atoms with Crippen LogP contribution in [0.15, 0.2) is 51.7 Å². The van der Waals surface area contributed by atoms with Gasteiger partial charge in [0, 0.05) is 30.2 Å². The van der Waals surface area contributed by atoms with Crippen LogP contribution in [0, 0.1) is 0 Å². The zero-order valence-electron chi connectivity index (χ0n) is 15.1. The second-order valence-corrected chi connectivity index (χ2v) is 5.62. The van der Waals surface area contributed by atoms with Gasteiger partial charge in [0.05, 0.1) is 19.8 Å². The molecule has 27 heavy (non-hydrogen) atoms. The molecule has 0 aliphatic heterocycles. The molecule has 0 unspecified atom stereocenters. The second kappa shape index (κ2) is 7.92. The average Bonchev–Trinajstić information content (AvgIpc) is 2.67. The highest BCUT2D eigenvalue weighted by atomic mass is 16.6. The van der Waals surface area contributed by atoms with E-state index in [9.17, 15) is 9.59 Å². The number of ether oxygens (including phenoxy) is 4. The van der Waals surface area contributed by atoms with Crippen LogP contribution in [0.3, 0.4) is 0 Å². The first-order valence-corrected chi connectivity index (χ1v) is 8.05. The lowest BCUT2D eigenvalue weighted by molar-refractivity contribution is -0.138. The number of esters is 1. The third-order valence-corrected chi connectivity index (χ3v) is 3.90. The van der Waals surface area contributed by atoms with Crippen molar-refractivity contribution in [2.24, 2.45) is 0 Å². The lowest BCUT2D eigenvalue weighted by Gasteiger charge is -2.10. The molecule has 0 atom stereocenters. The molecule has 1 aromatic heterocycles. The van der Waals surface area contributed by atoms with Crippen LogP contribution in [0.5, 0.6) is 17.2 Å². The molecule has 140 valence electrons. The standard InChI is InChI=1S/C20H18O7/c1-23-11-19(21)26-14-5-4-12-8-16(20(22)27-17(12)10-14)15-7-6-13(24-2)9-18(15)25-3/h4-10H,11H2,1-3H3. The zero-order chi connectivity index (χ0) is 19.4. The van der Waals surface area contributed by atoms with Gasteiger partial charge < -0.3 is 23.4 Å². The number of benzene rings is 2. The van der Waals surface area contributed by atoms with E-state index in [-0.39, 0.29) is 12.4 Å². The van der Waals surface area contributed by atoms with Crippen LogP contribution in [-0.2, 0) is 9.53 Å². The molecule has 0 fully saturated rings. The maximum atomic E-state index is 12.5. The molecule has 2 aromatic carbocycles. The minimum absolute atomic E-state index is 0.168. The summed E-state index contributed by atoms with van der Waals surface area (Å²) in [5.74, 6) is 0.829. The first-order chi connectivity index (χ1) is 13.0. The van der Waals surface area contributed by atoms with Crippen molar-refractivity contribution in [3.05, 3.63) is 52.9 Å². The van der Waals surface area contributed by atoms with Crippen molar-refractivity contribution >= 4 is 16.9 Å². The van der Waals surface area contributed by atoms with Crippen molar-refractivity contribution in [2.75, 3.05) is 27.9 Å². The summed E-state index contributed by atoms with van der Waals surface area (Å²) < 4.78 is 25.8. The Labute approximate surface area is 155 Å². The van der Waals surface area contributed by atoms with Crippen LogP contribution in [-0.4, -0.2) is 33.9 Å². The summed E-state index contributed by atoms with van der Waals surface area (Å²) >= 11 is 0. The summed E-state index contributed by atoms with van der Waals surface area (Å²) in [7, 11) is 4.47. The zero-order valence-corrected chi connectivity index (χ0v) is 15.1. The summed E-state index contributed by atoms with van der Waals surface area (Å²) in [4.78, 5) is 24.0. The van der Waals surface area contributed by atoms with Crippen LogP contribution in [0.2, 0.25) is 0 Å². The molecule has 0 amide bonds. The maximum Gasteiger partial charge on any atom is 0.344 e. The lowest BCUT2D eigenvalue weighted by atomic mass is 10.0. The van der Waals surface area contributed by atoms with Gasteiger partial charge in [-0.05, 0) is 30.3 Å². The number of carbonyl (C=O) groups excluding carboxylic acids is 1. The smallest absolute Gasteiger partial charge is 0.344 e. The number of hydrogen-bond donors (Lipinski definition) is 0. The summed E-state index contributed by atoms with van der Waals surface area (Å²) in [6.07, 6.45) is 0. The Morgan fingerprint density at radius 3 is 2.41 bits per heavy atom. The van der Waals surface area contributed by atoms with Gasteiger partial charge in [0.25, 0.3) is 0 Å². The molecule has 0 spiro atoms. The molecule has 0 aliphatic rings. The van der Waals surface area contributed by atoms with Crippen molar-refractivity contribution in [1.82, 2.24) is 0 Å². The summed E-state index contributed by atoms with van der Waals surface area (Å²) in [6.45, 7) is -0.168.